The van der Waals surface area contributed by atoms with Crippen LogP contribution in [-0.2, 0) is 0 Å². The van der Waals surface area contributed by atoms with E-state index in [1.165, 1.54) is 44.8 Å². The standard InChI is InChI=1S/C17H25FN2/c18-16-4-2-1-3-15(16)17(19)9-10-20(11-13-5-6-13)12-14-7-8-14/h1-4,13-14,17H,5-12,19H2. The molecule has 2 aliphatic carbocycles. The van der Waals surface area contributed by atoms with Crippen LogP contribution < -0.4 is 5.73 Å². The van der Waals surface area contributed by atoms with Crippen LogP contribution in [0.25, 0.3) is 0 Å². The van der Waals surface area contributed by atoms with E-state index in [0.717, 1.165) is 24.8 Å². The Hall–Kier alpha value is -0.930. The molecule has 2 saturated carbocycles. The predicted molar refractivity (Wildman–Crippen MR) is 79.8 cm³/mol. The van der Waals surface area contributed by atoms with Gasteiger partial charge in [0, 0.05) is 24.7 Å². The molecule has 2 nitrogen and oxygen atoms in total. The molecule has 2 N–H and O–H groups in total. The summed E-state index contributed by atoms with van der Waals surface area (Å²) in [5, 5.41) is 0. The summed E-state index contributed by atoms with van der Waals surface area (Å²) in [6, 6.07) is 6.72. The molecule has 2 fully saturated rings. The van der Waals surface area contributed by atoms with Crippen LogP contribution in [0.1, 0.15) is 43.7 Å². The summed E-state index contributed by atoms with van der Waals surface area (Å²) in [5.41, 5.74) is 6.83. The molecule has 0 amide bonds. The van der Waals surface area contributed by atoms with Crippen molar-refractivity contribution < 1.29 is 4.39 Å². The molecule has 0 bridgehead atoms. The summed E-state index contributed by atoms with van der Waals surface area (Å²) in [6.45, 7) is 3.45. The van der Waals surface area contributed by atoms with Gasteiger partial charge in [-0.2, -0.15) is 0 Å². The minimum Gasteiger partial charge on any atom is -0.324 e. The first-order valence-electron chi connectivity index (χ1n) is 7.94. The van der Waals surface area contributed by atoms with Crippen LogP contribution in [0.4, 0.5) is 4.39 Å². The molecule has 1 aromatic carbocycles. The van der Waals surface area contributed by atoms with E-state index < -0.39 is 0 Å². The van der Waals surface area contributed by atoms with Gasteiger partial charge >= 0.3 is 0 Å². The van der Waals surface area contributed by atoms with Crippen molar-refractivity contribution >= 4 is 0 Å². The summed E-state index contributed by atoms with van der Waals surface area (Å²) in [5.74, 6) is 1.66. The number of rotatable bonds is 8. The van der Waals surface area contributed by atoms with Crippen LogP contribution in [0.2, 0.25) is 0 Å². The van der Waals surface area contributed by atoms with E-state index in [1.54, 1.807) is 6.07 Å². The maximum Gasteiger partial charge on any atom is 0.127 e. The van der Waals surface area contributed by atoms with Crippen LogP contribution in [-0.4, -0.2) is 24.5 Å². The van der Waals surface area contributed by atoms with Gasteiger partial charge in [-0.05, 0) is 56.6 Å². The largest absolute Gasteiger partial charge is 0.324 e. The second kappa shape index (κ2) is 6.23. The van der Waals surface area contributed by atoms with Crippen molar-refractivity contribution in [1.29, 1.82) is 0 Å². The monoisotopic (exact) mass is 276 g/mol. The van der Waals surface area contributed by atoms with Gasteiger partial charge in [-0.1, -0.05) is 18.2 Å². The minimum absolute atomic E-state index is 0.170. The summed E-state index contributed by atoms with van der Waals surface area (Å²) < 4.78 is 13.7. The highest BCUT2D eigenvalue weighted by atomic mass is 19.1. The molecular weight excluding hydrogens is 251 g/mol. The number of hydrogen-bond acceptors (Lipinski definition) is 2. The third kappa shape index (κ3) is 4.03. The van der Waals surface area contributed by atoms with Crippen LogP contribution >= 0.6 is 0 Å². The van der Waals surface area contributed by atoms with E-state index in [4.69, 9.17) is 5.73 Å². The van der Waals surface area contributed by atoms with Gasteiger partial charge < -0.3 is 10.6 Å². The summed E-state index contributed by atoms with van der Waals surface area (Å²) in [4.78, 5) is 2.57. The Morgan fingerprint density at radius 3 is 2.25 bits per heavy atom. The maximum atomic E-state index is 13.7. The smallest absolute Gasteiger partial charge is 0.127 e. The number of halogens is 1. The lowest BCUT2D eigenvalue weighted by Gasteiger charge is -2.24. The Labute approximate surface area is 121 Å². The normalized spacial score (nSPS) is 20.4. The van der Waals surface area contributed by atoms with Gasteiger partial charge in [0.1, 0.15) is 5.82 Å². The minimum atomic E-state index is -0.183. The fourth-order valence-corrected chi connectivity index (χ4v) is 2.84. The van der Waals surface area contributed by atoms with E-state index in [9.17, 15) is 4.39 Å². The molecular formula is C17H25FN2. The van der Waals surface area contributed by atoms with Crippen molar-refractivity contribution in [3.63, 3.8) is 0 Å². The molecule has 0 spiro atoms. The average Bonchev–Trinajstić information content (AvgIpc) is 3.32. The maximum absolute atomic E-state index is 13.7. The van der Waals surface area contributed by atoms with Crippen molar-refractivity contribution in [2.75, 3.05) is 19.6 Å². The molecule has 0 heterocycles. The van der Waals surface area contributed by atoms with Crippen molar-refractivity contribution in [1.82, 2.24) is 4.90 Å². The Kier molecular flexibility index (Phi) is 4.37. The zero-order valence-corrected chi connectivity index (χ0v) is 12.1. The lowest BCUT2D eigenvalue weighted by Crippen LogP contribution is -2.31. The first kappa shape index (κ1) is 14.0. The average molecular weight is 276 g/mol. The molecule has 0 aliphatic heterocycles. The van der Waals surface area contributed by atoms with Gasteiger partial charge in [0.25, 0.3) is 0 Å². The zero-order valence-electron chi connectivity index (χ0n) is 12.1. The van der Waals surface area contributed by atoms with Gasteiger partial charge in [0.2, 0.25) is 0 Å². The summed E-state index contributed by atoms with van der Waals surface area (Å²) in [7, 11) is 0. The molecule has 1 atom stereocenters. The quantitative estimate of drug-likeness (QED) is 0.789. The molecule has 20 heavy (non-hydrogen) atoms. The molecule has 110 valence electrons. The van der Waals surface area contributed by atoms with Crippen LogP contribution in [0, 0.1) is 17.7 Å². The number of nitrogens with zero attached hydrogens (tertiary/aromatic N) is 1. The Bertz CT molecular complexity index is 426. The summed E-state index contributed by atoms with van der Waals surface area (Å²) >= 11 is 0. The molecule has 0 aromatic heterocycles. The Balaban J connectivity index is 1.51. The first-order chi connectivity index (χ1) is 9.72. The molecule has 0 saturated heterocycles. The fraction of sp³-hybridized carbons (Fsp3) is 0.647. The first-order valence-corrected chi connectivity index (χ1v) is 7.94. The van der Waals surface area contributed by atoms with Gasteiger partial charge in [0.15, 0.2) is 0 Å². The van der Waals surface area contributed by atoms with E-state index in [0.29, 0.717) is 5.56 Å². The highest BCUT2D eigenvalue weighted by Crippen LogP contribution is 2.34. The van der Waals surface area contributed by atoms with E-state index in [1.807, 2.05) is 12.1 Å². The number of benzene rings is 1. The lowest BCUT2D eigenvalue weighted by atomic mass is 10.0. The Morgan fingerprint density at radius 2 is 1.70 bits per heavy atom. The van der Waals surface area contributed by atoms with E-state index >= 15 is 0 Å². The zero-order chi connectivity index (χ0) is 13.9. The van der Waals surface area contributed by atoms with E-state index in [2.05, 4.69) is 4.90 Å². The van der Waals surface area contributed by atoms with Crippen molar-refractivity contribution in [3.05, 3.63) is 35.6 Å². The van der Waals surface area contributed by atoms with Crippen molar-refractivity contribution in [2.24, 2.45) is 17.6 Å². The topological polar surface area (TPSA) is 29.3 Å². The SMILES string of the molecule is NC(CCN(CC1CC1)CC1CC1)c1ccccc1F. The van der Waals surface area contributed by atoms with Crippen LogP contribution in [0.3, 0.4) is 0 Å². The van der Waals surface area contributed by atoms with Crippen LogP contribution in [0.15, 0.2) is 24.3 Å². The number of hydrogen-bond donors (Lipinski definition) is 1. The van der Waals surface area contributed by atoms with Crippen molar-refractivity contribution in [3.8, 4) is 0 Å². The van der Waals surface area contributed by atoms with Crippen molar-refractivity contribution in [2.45, 2.75) is 38.1 Å². The molecule has 1 unspecified atom stereocenters. The highest BCUT2D eigenvalue weighted by molar-refractivity contribution is 5.20. The summed E-state index contributed by atoms with van der Waals surface area (Å²) in [6.07, 6.45) is 6.41. The molecule has 1 aromatic rings. The second-order valence-corrected chi connectivity index (χ2v) is 6.56. The molecule has 3 rings (SSSR count). The fourth-order valence-electron chi connectivity index (χ4n) is 2.84. The Morgan fingerprint density at radius 1 is 1.10 bits per heavy atom. The lowest BCUT2D eigenvalue weighted by molar-refractivity contribution is 0.243. The second-order valence-electron chi connectivity index (χ2n) is 6.56. The third-order valence-electron chi connectivity index (χ3n) is 4.49. The van der Waals surface area contributed by atoms with Gasteiger partial charge in [-0.15, -0.1) is 0 Å². The number of nitrogens with two attached hydrogens (primary N) is 1. The predicted octanol–water partition coefficient (Wildman–Crippen LogP) is 3.34. The third-order valence-corrected chi connectivity index (χ3v) is 4.49. The van der Waals surface area contributed by atoms with Gasteiger partial charge in [0.05, 0.1) is 0 Å². The highest BCUT2D eigenvalue weighted by Gasteiger charge is 2.29. The molecule has 2 aliphatic rings. The molecule has 3 heteroatoms. The molecule has 0 radical (unpaired) electrons. The van der Waals surface area contributed by atoms with E-state index in [-0.39, 0.29) is 11.9 Å². The van der Waals surface area contributed by atoms with Gasteiger partial charge in [-0.3, -0.25) is 0 Å². The van der Waals surface area contributed by atoms with Gasteiger partial charge in [-0.25, -0.2) is 4.39 Å². The van der Waals surface area contributed by atoms with Crippen LogP contribution in [0.5, 0.6) is 0 Å².